The molecule has 30 heavy (non-hydrogen) atoms. The number of nitrogens with one attached hydrogen (secondary N) is 1. The number of rotatable bonds is 10. The van der Waals surface area contributed by atoms with Gasteiger partial charge in [0.1, 0.15) is 12.4 Å². The number of nitrogens with zero attached hydrogens (tertiary/aromatic N) is 1. The molecule has 0 heterocycles. The molecule has 0 aliphatic carbocycles. The van der Waals surface area contributed by atoms with Crippen molar-refractivity contribution in [3.63, 3.8) is 0 Å². The van der Waals surface area contributed by atoms with E-state index in [1.165, 1.54) is 0 Å². The molecule has 0 saturated carbocycles. The standard InChI is InChI=1S/C24H24N2O4/c1-2-28-23-15-20(13-14-22(23)30-17-19-9-5-3-6-10-19)16-25-26-24(27)18-29-21-11-7-4-8-12-21/h3-16H,2,17-18H2,1H3,(H,26,27)/b25-16+. The highest BCUT2D eigenvalue weighted by atomic mass is 16.5. The van der Waals surface area contributed by atoms with Crippen molar-refractivity contribution >= 4 is 12.1 Å². The molecule has 0 bridgehead atoms. The largest absolute Gasteiger partial charge is 0.490 e. The number of hydrogen-bond donors (Lipinski definition) is 1. The van der Waals surface area contributed by atoms with Gasteiger partial charge in [-0.15, -0.1) is 0 Å². The Labute approximate surface area is 176 Å². The molecule has 0 aromatic heterocycles. The molecular formula is C24H24N2O4. The number of amides is 1. The lowest BCUT2D eigenvalue weighted by Gasteiger charge is -2.12. The molecule has 6 heteroatoms. The van der Waals surface area contributed by atoms with Crippen LogP contribution < -0.4 is 19.6 Å². The normalized spacial score (nSPS) is 10.6. The number of benzene rings is 3. The van der Waals surface area contributed by atoms with Gasteiger partial charge in [-0.1, -0.05) is 48.5 Å². The Balaban J connectivity index is 1.54. The molecule has 6 nitrogen and oxygen atoms in total. The van der Waals surface area contributed by atoms with E-state index in [9.17, 15) is 4.79 Å². The summed E-state index contributed by atoms with van der Waals surface area (Å²) >= 11 is 0. The Morgan fingerprint density at radius 1 is 0.900 bits per heavy atom. The lowest BCUT2D eigenvalue weighted by atomic mass is 10.2. The lowest BCUT2D eigenvalue weighted by Crippen LogP contribution is -2.24. The van der Waals surface area contributed by atoms with Crippen LogP contribution in [0.1, 0.15) is 18.1 Å². The molecule has 0 spiro atoms. The van der Waals surface area contributed by atoms with Crippen molar-refractivity contribution in [3.8, 4) is 17.2 Å². The van der Waals surface area contributed by atoms with E-state index in [-0.39, 0.29) is 12.5 Å². The van der Waals surface area contributed by atoms with Crippen LogP contribution in [0.4, 0.5) is 0 Å². The fourth-order valence-electron chi connectivity index (χ4n) is 2.60. The molecule has 154 valence electrons. The van der Waals surface area contributed by atoms with E-state index in [0.29, 0.717) is 30.5 Å². The van der Waals surface area contributed by atoms with Crippen molar-refractivity contribution in [2.24, 2.45) is 5.10 Å². The summed E-state index contributed by atoms with van der Waals surface area (Å²) in [5, 5.41) is 3.98. The van der Waals surface area contributed by atoms with Crippen molar-refractivity contribution < 1.29 is 19.0 Å². The Kier molecular flexibility index (Phi) is 7.85. The molecule has 3 aromatic carbocycles. The van der Waals surface area contributed by atoms with E-state index in [4.69, 9.17) is 14.2 Å². The van der Waals surface area contributed by atoms with Gasteiger partial charge in [0, 0.05) is 0 Å². The average molecular weight is 404 g/mol. The molecule has 3 rings (SSSR count). The van der Waals surface area contributed by atoms with Crippen LogP contribution in [-0.4, -0.2) is 25.3 Å². The quantitative estimate of drug-likeness (QED) is 0.406. The summed E-state index contributed by atoms with van der Waals surface area (Å²) in [5.74, 6) is 1.56. The van der Waals surface area contributed by atoms with Crippen molar-refractivity contribution in [3.05, 3.63) is 90.0 Å². The van der Waals surface area contributed by atoms with Crippen LogP contribution in [0.5, 0.6) is 17.2 Å². The van der Waals surface area contributed by atoms with Gasteiger partial charge in [-0.25, -0.2) is 5.43 Å². The van der Waals surface area contributed by atoms with Crippen molar-refractivity contribution in [1.29, 1.82) is 0 Å². The predicted octanol–water partition coefficient (Wildman–Crippen LogP) is 4.19. The van der Waals surface area contributed by atoms with Crippen molar-refractivity contribution in [1.82, 2.24) is 5.43 Å². The first-order chi connectivity index (χ1) is 14.7. The highest BCUT2D eigenvalue weighted by molar-refractivity contribution is 5.83. The minimum absolute atomic E-state index is 0.113. The van der Waals surface area contributed by atoms with Crippen LogP contribution in [0, 0.1) is 0 Å². The smallest absolute Gasteiger partial charge is 0.277 e. The number of carbonyl (C=O) groups is 1. The zero-order valence-corrected chi connectivity index (χ0v) is 16.8. The summed E-state index contributed by atoms with van der Waals surface area (Å²) in [6.45, 7) is 2.76. The maximum Gasteiger partial charge on any atom is 0.277 e. The van der Waals surface area contributed by atoms with Gasteiger partial charge in [0.05, 0.1) is 12.8 Å². The topological polar surface area (TPSA) is 69.2 Å². The molecule has 0 saturated heterocycles. The highest BCUT2D eigenvalue weighted by Crippen LogP contribution is 2.28. The van der Waals surface area contributed by atoms with Crippen LogP contribution in [0.25, 0.3) is 0 Å². The summed E-state index contributed by atoms with van der Waals surface area (Å²) in [4.78, 5) is 11.9. The first-order valence-electron chi connectivity index (χ1n) is 9.68. The minimum atomic E-state index is -0.344. The van der Waals surface area contributed by atoms with Gasteiger partial charge >= 0.3 is 0 Å². The Morgan fingerprint density at radius 3 is 2.37 bits per heavy atom. The fourth-order valence-corrected chi connectivity index (χ4v) is 2.60. The van der Waals surface area contributed by atoms with Gasteiger partial charge < -0.3 is 14.2 Å². The molecule has 0 aliphatic rings. The predicted molar refractivity (Wildman–Crippen MR) is 116 cm³/mol. The van der Waals surface area contributed by atoms with Crippen LogP contribution >= 0.6 is 0 Å². The molecule has 0 fully saturated rings. The van der Waals surface area contributed by atoms with E-state index in [2.05, 4.69) is 10.5 Å². The molecule has 1 amide bonds. The first-order valence-corrected chi connectivity index (χ1v) is 9.68. The average Bonchev–Trinajstić information content (AvgIpc) is 2.79. The van der Waals surface area contributed by atoms with E-state index in [1.807, 2.05) is 73.7 Å². The molecule has 3 aromatic rings. The minimum Gasteiger partial charge on any atom is -0.490 e. The SMILES string of the molecule is CCOc1cc(/C=N/NC(=O)COc2ccccc2)ccc1OCc1ccccc1. The second-order valence-corrected chi connectivity index (χ2v) is 6.31. The third-order valence-electron chi connectivity index (χ3n) is 4.02. The van der Waals surface area contributed by atoms with E-state index in [1.54, 1.807) is 18.3 Å². The second kappa shape index (κ2) is 11.3. The van der Waals surface area contributed by atoms with Gasteiger partial charge in [-0.3, -0.25) is 4.79 Å². The van der Waals surface area contributed by atoms with Crippen molar-refractivity contribution in [2.75, 3.05) is 13.2 Å². The number of ether oxygens (including phenoxy) is 3. The molecule has 0 unspecified atom stereocenters. The molecule has 0 atom stereocenters. The summed E-state index contributed by atoms with van der Waals surface area (Å²) in [6, 6.07) is 24.6. The zero-order valence-electron chi connectivity index (χ0n) is 16.8. The molecule has 1 N–H and O–H groups in total. The molecular weight excluding hydrogens is 380 g/mol. The lowest BCUT2D eigenvalue weighted by molar-refractivity contribution is -0.123. The number of hydrazone groups is 1. The maximum atomic E-state index is 11.9. The Morgan fingerprint density at radius 2 is 1.63 bits per heavy atom. The third kappa shape index (κ3) is 6.67. The number of carbonyl (C=O) groups excluding carboxylic acids is 1. The van der Waals surface area contributed by atoms with Crippen LogP contribution in [-0.2, 0) is 11.4 Å². The van der Waals surface area contributed by atoms with Crippen molar-refractivity contribution in [2.45, 2.75) is 13.5 Å². The van der Waals surface area contributed by atoms with E-state index < -0.39 is 0 Å². The van der Waals surface area contributed by atoms with Gasteiger partial charge in [-0.2, -0.15) is 5.10 Å². The molecule has 0 aliphatic heterocycles. The van der Waals surface area contributed by atoms with Gasteiger partial charge in [0.2, 0.25) is 0 Å². The summed E-state index contributed by atoms with van der Waals surface area (Å²) in [7, 11) is 0. The third-order valence-corrected chi connectivity index (χ3v) is 4.02. The van der Waals surface area contributed by atoms with Crippen LogP contribution in [0.2, 0.25) is 0 Å². The van der Waals surface area contributed by atoms with E-state index in [0.717, 1.165) is 11.1 Å². The highest BCUT2D eigenvalue weighted by Gasteiger charge is 2.07. The summed E-state index contributed by atoms with van der Waals surface area (Å²) in [6.07, 6.45) is 1.55. The zero-order chi connectivity index (χ0) is 21.0. The summed E-state index contributed by atoms with van der Waals surface area (Å²) < 4.78 is 17.0. The number of para-hydroxylation sites is 1. The summed E-state index contributed by atoms with van der Waals surface area (Å²) in [5.41, 5.74) is 4.30. The second-order valence-electron chi connectivity index (χ2n) is 6.31. The Bertz CT molecular complexity index is 959. The number of hydrogen-bond acceptors (Lipinski definition) is 5. The maximum absolute atomic E-state index is 11.9. The molecule has 0 radical (unpaired) electrons. The van der Waals surface area contributed by atoms with Crippen LogP contribution in [0.3, 0.4) is 0 Å². The first kappa shape index (κ1) is 20.9. The van der Waals surface area contributed by atoms with Gasteiger partial charge in [0.15, 0.2) is 18.1 Å². The fraction of sp³-hybridized carbons (Fsp3) is 0.167. The Hall–Kier alpha value is -3.80. The van der Waals surface area contributed by atoms with E-state index >= 15 is 0 Å². The van der Waals surface area contributed by atoms with Gasteiger partial charge in [0.25, 0.3) is 5.91 Å². The monoisotopic (exact) mass is 404 g/mol. The van der Waals surface area contributed by atoms with Gasteiger partial charge in [-0.05, 0) is 48.4 Å². The van der Waals surface area contributed by atoms with Crippen LogP contribution in [0.15, 0.2) is 84.0 Å².